The molecule has 0 fully saturated rings. The molecule has 0 aromatic rings. The van der Waals surface area contributed by atoms with E-state index in [1.807, 2.05) is 0 Å². The predicted molar refractivity (Wildman–Crippen MR) is 29.9 cm³/mol. The third kappa shape index (κ3) is 5.01. The molecule has 0 aliphatic heterocycles. The van der Waals surface area contributed by atoms with Crippen molar-refractivity contribution in [2.24, 2.45) is 11.5 Å². The molecule has 0 saturated heterocycles. The number of amidine groups is 1. The van der Waals surface area contributed by atoms with Gasteiger partial charge < -0.3 is 11.5 Å². The molecular formula is C4H9N3. The van der Waals surface area contributed by atoms with E-state index >= 15 is 0 Å². The minimum Gasteiger partial charge on any atom is -0.402 e. The molecule has 0 saturated carbocycles. The number of hydrogen-bond donors (Lipinski definition) is 3. The highest BCUT2D eigenvalue weighted by Gasteiger charge is 1.85. The van der Waals surface area contributed by atoms with Gasteiger partial charge in [-0.05, 0) is 0 Å². The summed E-state index contributed by atoms with van der Waals surface area (Å²) in [7, 11) is 0. The quantitative estimate of drug-likeness (QED) is 0.331. The van der Waals surface area contributed by atoms with E-state index in [9.17, 15) is 0 Å². The maximum absolute atomic E-state index is 6.66. The fourth-order valence-electron chi connectivity index (χ4n) is 0.245. The highest BCUT2D eigenvalue weighted by molar-refractivity contribution is 5.78. The van der Waals surface area contributed by atoms with Gasteiger partial charge in [-0.2, -0.15) is 0 Å². The average Bonchev–Trinajstić information content (AvgIpc) is 1.27. The lowest BCUT2D eigenvalue weighted by Crippen LogP contribution is -2.12. The standard InChI is InChI=1S/C4H9N3/c1-3(5)2-4(6)7/h1-2,5H2,(H3,6,7). The number of rotatable bonds is 2. The Hall–Kier alpha value is -0.990. The minimum atomic E-state index is 0.0625. The molecule has 0 spiro atoms. The summed E-state index contributed by atoms with van der Waals surface area (Å²) in [6.45, 7) is 3.35. The number of nitrogens with one attached hydrogen (secondary N) is 1. The van der Waals surface area contributed by atoms with Crippen molar-refractivity contribution in [2.45, 2.75) is 6.42 Å². The molecule has 0 aliphatic carbocycles. The van der Waals surface area contributed by atoms with E-state index in [4.69, 9.17) is 16.9 Å². The van der Waals surface area contributed by atoms with Crippen LogP contribution in [0.5, 0.6) is 0 Å². The van der Waals surface area contributed by atoms with Crippen molar-refractivity contribution >= 4 is 5.84 Å². The molecule has 5 N–H and O–H groups in total. The highest BCUT2D eigenvalue weighted by atomic mass is 14.7. The van der Waals surface area contributed by atoms with Gasteiger partial charge >= 0.3 is 0 Å². The molecule has 40 valence electrons. The molecule has 0 unspecified atom stereocenters. The van der Waals surface area contributed by atoms with Crippen LogP contribution < -0.4 is 11.5 Å². The first-order chi connectivity index (χ1) is 3.13. The lowest BCUT2D eigenvalue weighted by molar-refractivity contribution is 1.18. The van der Waals surface area contributed by atoms with Gasteiger partial charge in [-0.15, -0.1) is 0 Å². The van der Waals surface area contributed by atoms with Crippen molar-refractivity contribution < 1.29 is 0 Å². The molecule has 7 heavy (non-hydrogen) atoms. The van der Waals surface area contributed by atoms with Crippen LogP contribution in [0.25, 0.3) is 0 Å². The third-order valence-electron chi connectivity index (χ3n) is 0.418. The molecule has 0 bridgehead atoms. The van der Waals surface area contributed by atoms with Crippen LogP contribution in [-0.2, 0) is 0 Å². The maximum Gasteiger partial charge on any atom is 0.0964 e. The Labute approximate surface area is 42.5 Å². The SMILES string of the molecule is C=C(N)CC(=N)N. The first-order valence-corrected chi connectivity index (χ1v) is 1.89. The summed E-state index contributed by atoms with van der Waals surface area (Å²) in [4.78, 5) is 0. The van der Waals surface area contributed by atoms with Crippen LogP contribution in [0.15, 0.2) is 12.3 Å². The molecule has 3 nitrogen and oxygen atoms in total. The van der Waals surface area contributed by atoms with Crippen LogP contribution in [0, 0.1) is 5.41 Å². The molecule has 0 amide bonds. The van der Waals surface area contributed by atoms with Gasteiger partial charge in [-0.3, -0.25) is 5.41 Å². The van der Waals surface area contributed by atoms with Crippen LogP contribution in [0.3, 0.4) is 0 Å². The molecule has 3 heteroatoms. The Kier molecular flexibility index (Phi) is 1.91. The average molecular weight is 99.1 g/mol. The zero-order chi connectivity index (χ0) is 5.86. The first kappa shape index (κ1) is 6.01. The van der Waals surface area contributed by atoms with Gasteiger partial charge in [0.05, 0.1) is 5.84 Å². The molecule has 0 heterocycles. The van der Waals surface area contributed by atoms with E-state index in [2.05, 4.69) is 6.58 Å². The number of nitrogens with two attached hydrogens (primary N) is 2. The second-order valence-corrected chi connectivity index (χ2v) is 1.36. The second kappa shape index (κ2) is 2.23. The Morgan fingerprint density at radius 3 is 2.00 bits per heavy atom. The van der Waals surface area contributed by atoms with Gasteiger partial charge in [0, 0.05) is 12.1 Å². The fraction of sp³-hybridized carbons (Fsp3) is 0.250. The molecule has 0 aromatic heterocycles. The van der Waals surface area contributed by atoms with Crippen LogP contribution in [-0.4, -0.2) is 5.84 Å². The smallest absolute Gasteiger partial charge is 0.0964 e. The third-order valence-corrected chi connectivity index (χ3v) is 0.418. The Bertz CT molecular complexity index is 83.1. The zero-order valence-corrected chi connectivity index (χ0v) is 4.07. The van der Waals surface area contributed by atoms with Gasteiger partial charge in [0.15, 0.2) is 0 Å². The summed E-state index contributed by atoms with van der Waals surface area (Å²) in [6.07, 6.45) is 0.306. The second-order valence-electron chi connectivity index (χ2n) is 1.36. The van der Waals surface area contributed by atoms with Gasteiger partial charge in [-0.1, -0.05) is 6.58 Å². The van der Waals surface area contributed by atoms with Crippen molar-refractivity contribution in [1.82, 2.24) is 0 Å². The molecule has 0 aliphatic rings. The van der Waals surface area contributed by atoms with Crippen LogP contribution in [0.2, 0.25) is 0 Å². The van der Waals surface area contributed by atoms with Gasteiger partial charge in [0.2, 0.25) is 0 Å². The van der Waals surface area contributed by atoms with Crippen LogP contribution >= 0.6 is 0 Å². The lowest BCUT2D eigenvalue weighted by atomic mass is 10.3. The predicted octanol–water partition coefficient (Wildman–Crippen LogP) is -0.215. The van der Waals surface area contributed by atoms with E-state index in [1.165, 1.54) is 0 Å². The summed E-state index contributed by atoms with van der Waals surface area (Å²) in [5.41, 5.74) is 10.5. The summed E-state index contributed by atoms with van der Waals surface area (Å²) < 4.78 is 0. The Morgan fingerprint density at radius 1 is 1.57 bits per heavy atom. The van der Waals surface area contributed by atoms with E-state index in [1.54, 1.807) is 0 Å². The van der Waals surface area contributed by atoms with Crippen LogP contribution in [0.4, 0.5) is 0 Å². The van der Waals surface area contributed by atoms with Crippen molar-refractivity contribution in [3.05, 3.63) is 12.3 Å². The van der Waals surface area contributed by atoms with E-state index < -0.39 is 0 Å². The highest BCUT2D eigenvalue weighted by Crippen LogP contribution is 1.82. The molecule has 0 rings (SSSR count). The van der Waals surface area contributed by atoms with E-state index in [-0.39, 0.29) is 5.84 Å². The van der Waals surface area contributed by atoms with E-state index in [0.29, 0.717) is 12.1 Å². The molecular weight excluding hydrogens is 90.1 g/mol. The monoisotopic (exact) mass is 99.1 g/mol. The minimum absolute atomic E-state index is 0.0625. The lowest BCUT2D eigenvalue weighted by Gasteiger charge is -1.91. The zero-order valence-electron chi connectivity index (χ0n) is 4.07. The normalized spacial score (nSPS) is 8.00. The fourth-order valence-corrected chi connectivity index (χ4v) is 0.245. The van der Waals surface area contributed by atoms with Gasteiger partial charge in [-0.25, -0.2) is 0 Å². The summed E-state index contributed by atoms with van der Waals surface area (Å²) in [5.74, 6) is 0.0625. The Balaban J connectivity index is 3.32. The first-order valence-electron chi connectivity index (χ1n) is 1.89. The van der Waals surface area contributed by atoms with Crippen molar-refractivity contribution in [2.75, 3.05) is 0 Å². The van der Waals surface area contributed by atoms with Crippen molar-refractivity contribution in [3.8, 4) is 0 Å². The van der Waals surface area contributed by atoms with Crippen molar-refractivity contribution in [1.29, 1.82) is 5.41 Å². The molecule has 0 radical (unpaired) electrons. The largest absolute Gasteiger partial charge is 0.402 e. The van der Waals surface area contributed by atoms with Gasteiger partial charge in [0.25, 0.3) is 0 Å². The molecule has 0 aromatic carbocycles. The summed E-state index contributed by atoms with van der Waals surface area (Å²) >= 11 is 0. The Morgan fingerprint density at radius 2 is 2.00 bits per heavy atom. The number of hydrogen-bond acceptors (Lipinski definition) is 2. The van der Waals surface area contributed by atoms with E-state index in [0.717, 1.165) is 0 Å². The summed E-state index contributed by atoms with van der Waals surface area (Å²) in [6, 6.07) is 0. The van der Waals surface area contributed by atoms with Crippen molar-refractivity contribution in [3.63, 3.8) is 0 Å². The maximum atomic E-state index is 6.66. The topological polar surface area (TPSA) is 75.9 Å². The summed E-state index contributed by atoms with van der Waals surface area (Å²) in [5, 5.41) is 6.66. The van der Waals surface area contributed by atoms with Crippen LogP contribution in [0.1, 0.15) is 6.42 Å². The molecule has 0 atom stereocenters. The van der Waals surface area contributed by atoms with Gasteiger partial charge in [0.1, 0.15) is 0 Å².